The monoisotopic (exact) mass is 378 g/mol. The Morgan fingerprint density at radius 2 is 1.89 bits per heavy atom. The fraction of sp³-hybridized carbons (Fsp3) is 0.304. The zero-order chi connectivity index (χ0) is 19.8. The van der Waals surface area contributed by atoms with E-state index in [0.717, 1.165) is 17.7 Å². The van der Waals surface area contributed by atoms with E-state index in [1.807, 2.05) is 42.5 Å². The molecule has 3 rings (SSSR count). The first-order valence-corrected chi connectivity index (χ1v) is 9.69. The molecule has 0 bridgehead atoms. The molecule has 0 aliphatic carbocycles. The number of aromatic nitrogens is 2. The highest BCUT2D eigenvalue weighted by Crippen LogP contribution is 2.29. The van der Waals surface area contributed by atoms with E-state index in [9.17, 15) is 4.79 Å². The third-order valence-electron chi connectivity index (χ3n) is 4.51. The summed E-state index contributed by atoms with van der Waals surface area (Å²) in [5, 5.41) is 0.585. The Kier molecular flexibility index (Phi) is 6.84. The van der Waals surface area contributed by atoms with Crippen LogP contribution in [-0.2, 0) is 0 Å². The molecule has 3 aromatic rings. The topological polar surface area (TPSA) is 64.2 Å². The summed E-state index contributed by atoms with van der Waals surface area (Å²) in [7, 11) is 1.63. The van der Waals surface area contributed by atoms with Gasteiger partial charge in [-0.2, -0.15) is 0 Å². The molecule has 0 amide bonds. The number of aromatic amines is 1. The van der Waals surface area contributed by atoms with Gasteiger partial charge >= 0.3 is 0 Å². The molecule has 0 aliphatic heterocycles. The van der Waals surface area contributed by atoms with Crippen LogP contribution < -0.4 is 15.0 Å². The summed E-state index contributed by atoms with van der Waals surface area (Å²) in [6.45, 7) is 2.88. The van der Waals surface area contributed by atoms with Crippen LogP contribution in [0.3, 0.4) is 0 Å². The summed E-state index contributed by atoms with van der Waals surface area (Å²) >= 11 is 0. The first kappa shape index (κ1) is 19.7. The molecule has 0 spiro atoms. The molecule has 5 heteroatoms. The minimum atomic E-state index is -0.144. The van der Waals surface area contributed by atoms with Crippen LogP contribution in [0, 0.1) is 0 Å². The van der Waals surface area contributed by atoms with Crippen LogP contribution in [0.1, 0.15) is 44.0 Å². The standard InChI is InChI=1S/C23H26N2O3/c1-3-4-5-8-15-28-20-13-11-17(16-21(20)27-2)12-14-22-24-19-10-7-6-9-18(19)23(26)25-22/h6-7,9-14,16H,3-5,8,15H2,1-2H3,(H,24,25,26)/b14-12+. The lowest BCUT2D eigenvalue weighted by atomic mass is 10.2. The molecule has 0 atom stereocenters. The number of methoxy groups -OCH3 is 1. The SMILES string of the molecule is CCCCCCOc1ccc(/C=C/c2nc3ccccc3c(=O)[nH]2)cc1OC. The molecule has 0 unspecified atom stereocenters. The minimum Gasteiger partial charge on any atom is -0.493 e. The number of hydrogen-bond donors (Lipinski definition) is 1. The van der Waals surface area contributed by atoms with Gasteiger partial charge in [0.2, 0.25) is 0 Å². The summed E-state index contributed by atoms with van der Waals surface area (Å²) < 4.78 is 11.3. The van der Waals surface area contributed by atoms with Crippen LogP contribution in [-0.4, -0.2) is 23.7 Å². The smallest absolute Gasteiger partial charge is 0.259 e. The van der Waals surface area contributed by atoms with Crippen molar-refractivity contribution in [1.82, 2.24) is 9.97 Å². The van der Waals surface area contributed by atoms with Crippen LogP contribution in [0.2, 0.25) is 0 Å². The normalized spacial score (nSPS) is 11.2. The lowest BCUT2D eigenvalue weighted by Crippen LogP contribution is -2.09. The molecule has 0 saturated carbocycles. The number of rotatable bonds is 9. The Hall–Kier alpha value is -3.08. The number of H-pyrrole nitrogens is 1. The third-order valence-corrected chi connectivity index (χ3v) is 4.51. The van der Waals surface area contributed by atoms with E-state index in [-0.39, 0.29) is 5.56 Å². The Morgan fingerprint density at radius 3 is 2.71 bits per heavy atom. The number of para-hydroxylation sites is 1. The summed E-state index contributed by atoms with van der Waals surface area (Å²) in [5.74, 6) is 1.95. The van der Waals surface area contributed by atoms with E-state index in [2.05, 4.69) is 16.9 Å². The molecule has 2 aromatic carbocycles. The Bertz CT molecular complexity index is 1010. The molecule has 0 aliphatic rings. The first-order valence-electron chi connectivity index (χ1n) is 9.69. The zero-order valence-corrected chi connectivity index (χ0v) is 16.4. The van der Waals surface area contributed by atoms with Gasteiger partial charge in [0.25, 0.3) is 5.56 Å². The fourth-order valence-corrected chi connectivity index (χ4v) is 2.98. The highest BCUT2D eigenvalue weighted by atomic mass is 16.5. The Balaban J connectivity index is 1.72. The van der Waals surface area contributed by atoms with Gasteiger partial charge in [0.1, 0.15) is 5.82 Å². The average Bonchev–Trinajstić information content (AvgIpc) is 2.72. The predicted molar refractivity (Wildman–Crippen MR) is 114 cm³/mol. The van der Waals surface area contributed by atoms with Gasteiger partial charge in [-0.05, 0) is 42.3 Å². The van der Waals surface area contributed by atoms with Gasteiger partial charge in [0, 0.05) is 0 Å². The molecule has 146 valence electrons. The fourth-order valence-electron chi connectivity index (χ4n) is 2.98. The maximum Gasteiger partial charge on any atom is 0.259 e. The predicted octanol–water partition coefficient (Wildman–Crippen LogP) is 5.06. The van der Waals surface area contributed by atoms with Gasteiger partial charge in [0.15, 0.2) is 11.5 Å². The van der Waals surface area contributed by atoms with Crippen molar-refractivity contribution in [3.63, 3.8) is 0 Å². The number of fused-ring (bicyclic) bond motifs is 1. The quantitative estimate of drug-likeness (QED) is 0.529. The number of hydrogen-bond acceptors (Lipinski definition) is 4. The molecule has 1 aromatic heterocycles. The van der Waals surface area contributed by atoms with E-state index in [1.165, 1.54) is 19.3 Å². The van der Waals surface area contributed by atoms with Gasteiger partial charge in [0.05, 0.1) is 24.6 Å². The minimum absolute atomic E-state index is 0.144. The van der Waals surface area contributed by atoms with Crippen molar-refractivity contribution >= 4 is 23.1 Å². The maximum absolute atomic E-state index is 12.2. The summed E-state index contributed by atoms with van der Waals surface area (Å²) in [4.78, 5) is 19.4. The first-order chi connectivity index (χ1) is 13.7. The molecular formula is C23H26N2O3. The van der Waals surface area contributed by atoms with Crippen LogP contribution in [0.4, 0.5) is 0 Å². The van der Waals surface area contributed by atoms with Gasteiger partial charge in [-0.25, -0.2) is 4.98 Å². The van der Waals surface area contributed by atoms with Crippen LogP contribution in [0.25, 0.3) is 23.1 Å². The third kappa shape index (κ3) is 5.00. The summed E-state index contributed by atoms with van der Waals surface area (Å²) in [6.07, 6.45) is 8.33. The molecule has 1 N–H and O–H groups in total. The van der Waals surface area contributed by atoms with Crippen LogP contribution >= 0.6 is 0 Å². The van der Waals surface area contributed by atoms with Crippen molar-refractivity contribution < 1.29 is 9.47 Å². The second-order valence-corrected chi connectivity index (χ2v) is 6.62. The largest absolute Gasteiger partial charge is 0.493 e. The lowest BCUT2D eigenvalue weighted by molar-refractivity contribution is 0.285. The number of benzene rings is 2. The van der Waals surface area contributed by atoms with E-state index in [4.69, 9.17) is 9.47 Å². The molecule has 0 fully saturated rings. The molecule has 0 saturated heterocycles. The van der Waals surface area contributed by atoms with Crippen molar-refractivity contribution in [3.05, 3.63) is 64.2 Å². The van der Waals surface area contributed by atoms with E-state index < -0.39 is 0 Å². The van der Waals surface area contributed by atoms with Gasteiger partial charge in [-0.3, -0.25) is 4.79 Å². The van der Waals surface area contributed by atoms with Crippen molar-refractivity contribution in [2.24, 2.45) is 0 Å². The number of unbranched alkanes of at least 4 members (excludes halogenated alkanes) is 3. The molecule has 1 heterocycles. The summed E-state index contributed by atoms with van der Waals surface area (Å²) in [5.41, 5.74) is 1.47. The van der Waals surface area contributed by atoms with Crippen LogP contribution in [0.15, 0.2) is 47.3 Å². The molecule has 0 radical (unpaired) electrons. The maximum atomic E-state index is 12.2. The molecule has 5 nitrogen and oxygen atoms in total. The second kappa shape index (κ2) is 9.74. The van der Waals surface area contributed by atoms with Gasteiger partial charge < -0.3 is 14.5 Å². The van der Waals surface area contributed by atoms with E-state index in [1.54, 1.807) is 19.3 Å². The second-order valence-electron chi connectivity index (χ2n) is 6.62. The number of nitrogens with one attached hydrogen (secondary N) is 1. The van der Waals surface area contributed by atoms with Crippen molar-refractivity contribution in [1.29, 1.82) is 0 Å². The van der Waals surface area contributed by atoms with Crippen molar-refractivity contribution in [2.45, 2.75) is 32.6 Å². The Morgan fingerprint density at radius 1 is 1.04 bits per heavy atom. The average molecular weight is 378 g/mol. The van der Waals surface area contributed by atoms with Gasteiger partial charge in [-0.15, -0.1) is 0 Å². The van der Waals surface area contributed by atoms with E-state index >= 15 is 0 Å². The number of nitrogens with zero attached hydrogens (tertiary/aromatic N) is 1. The highest BCUT2D eigenvalue weighted by molar-refractivity contribution is 5.79. The van der Waals surface area contributed by atoms with E-state index in [0.29, 0.717) is 29.1 Å². The highest BCUT2D eigenvalue weighted by Gasteiger charge is 2.05. The Labute approximate surface area is 165 Å². The molecule has 28 heavy (non-hydrogen) atoms. The van der Waals surface area contributed by atoms with Gasteiger partial charge in [-0.1, -0.05) is 50.5 Å². The lowest BCUT2D eigenvalue weighted by Gasteiger charge is -2.11. The molecular weight excluding hydrogens is 352 g/mol. The van der Waals surface area contributed by atoms with Crippen molar-refractivity contribution in [3.8, 4) is 11.5 Å². The zero-order valence-electron chi connectivity index (χ0n) is 16.4. The van der Waals surface area contributed by atoms with Crippen LogP contribution in [0.5, 0.6) is 11.5 Å². The van der Waals surface area contributed by atoms with Crippen molar-refractivity contribution in [2.75, 3.05) is 13.7 Å². The number of ether oxygens (including phenoxy) is 2. The summed E-state index contributed by atoms with van der Waals surface area (Å²) in [6, 6.07) is 13.1.